The van der Waals surface area contributed by atoms with Crippen molar-refractivity contribution in [3.63, 3.8) is 0 Å². The second-order valence-electron chi connectivity index (χ2n) is 8.63. The standard InChI is InChI=1S/C21H34N2O3S/c1-21(2,3)19-10-8-17(9-11-19)7-5-6-14-22-20(24)18-12-15-23(16-13-18)27(4,25)26/h8-11,18H,5-7,12-16H2,1-4H3,(H,22,24). The molecule has 0 unspecified atom stereocenters. The summed E-state index contributed by atoms with van der Waals surface area (Å²) in [6.45, 7) is 8.23. The molecule has 27 heavy (non-hydrogen) atoms. The molecule has 6 heteroatoms. The van der Waals surface area contributed by atoms with Crippen molar-refractivity contribution < 1.29 is 13.2 Å². The van der Waals surface area contributed by atoms with Crippen LogP contribution in [-0.2, 0) is 26.7 Å². The summed E-state index contributed by atoms with van der Waals surface area (Å²) in [6.07, 6.45) is 5.46. The summed E-state index contributed by atoms with van der Waals surface area (Å²) in [5, 5.41) is 3.01. The number of piperidine rings is 1. The molecule has 2 rings (SSSR count). The van der Waals surface area contributed by atoms with Gasteiger partial charge in [0, 0.05) is 25.6 Å². The Bertz CT molecular complexity index is 713. The molecule has 0 bridgehead atoms. The summed E-state index contributed by atoms with van der Waals surface area (Å²) in [6, 6.07) is 8.82. The number of hydrogen-bond acceptors (Lipinski definition) is 3. The molecule has 1 aromatic carbocycles. The number of rotatable bonds is 7. The van der Waals surface area contributed by atoms with E-state index in [0.29, 0.717) is 32.5 Å². The first-order valence-corrected chi connectivity index (χ1v) is 11.7. The first-order valence-electron chi connectivity index (χ1n) is 9.89. The second-order valence-corrected chi connectivity index (χ2v) is 10.6. The molecule has 1 N–H and O–H groups in total. The van der Waals surface area contributed by atoms with Gasteiger partial charge in [-0.2, -0.15) is 0 Å². The number of nitrogens with one attached hydrogen (secondary N) is 1. The minimum Gasteiger partial charge on any atom is -0.356 e. The van der Waals surface area contributed by atoms with E-state index in [2.05, 4.69) is 50.4 Å². The first-order chi connectivity index (χ1) is 12.6. The van der Waals surface area contributed by atoms with Crippen LogP contribution in [0.1, 0.15) is 57.6 Å². The fourth-order valence-corrected chi connectivity index (χ4v) is 4.31. The van der Waals surface area contributed by atoms with Crippen LogP contribution in [0.15, 0.2) is 24.3 Å². The van der Waals surface area contributed by atoms with E-state index in [1.807, 2.05) is 0 Å². The summed E-state index contributed by atoms with van der Waals surface area (Å²) >= 11 is 0. The summed E-state index contributed by atoms with van der Waals surface area (Å²) in [5.41, 5.74) is 2.86. The Morgan fingerprint density at radius 3 is 2.22 bits per heavy atom. The van der Waals surface area contributed by atoms with Crippen molar-refractivity contribution in [2.24, 2.45) is 5.92 Å². The van der Waals surface area contributed by atoms with Crippen molar-refractivity contribution in [3.05, 3.63) is 35.4 Å². The van der Waals surface area contributed by atoms with Gasteiger partial charge in [-0.05, 0) is 48.6 Å². The van der Waals surface area contributed by atoms with Crippen LogP contribution in [0.2, 0.25) is 0 Å². The minimum atomic E-state index is -3.14. The lowest BCUT2D eigenvalue weighted by molar-refractivity contribution is -0.126. The number of nitrogens with zero attached hydrogens (tertiary/aromatic N) is 1. The van der Waals surface area contributed by atoms with Gasteiger partial charge < -0.3 is 5.32 Å². The van der Waals surface area contributed by atoms with Crippen molar-refractivity contribution >= 4 is 15.9 Å². The highest BCUT2D eigenvalue weighted by atomic mass is 32.2. The molecule has 1 amide bonds. The third-order valence-corrected chi connectivity index (χ3v) is 6.61. The van der Waals surface area contributed by atoms with Crippen LogP contribution in [0.3, 0.4) is 0 Å². The van der Waals surface area contributed by atoms with Gasteiger partial charge in [0.15, 0.2) is 0 Å². The van der Waals surface area contributed by atoms with Gasteiger partial charge in [0.1, 0.15) is 0 Å². The molecule has 1 saturated heterocycles. The maximum absolute atomic E-state index is 12.2. The molecule has 1 fully saturated rings. The number of carbonyl (C=O) groups excluding carboxylic acids is 1. The van der Waals surface area contributed by atoms with E-state index < -0.39 is 10.0 Å². The fourth-order valence-electron chi connectivity index (χ4n) is 3.43. The van der Waals surface area contributed by atoms with Crippen LogP contribution in [0.25, 0.3) is 0 Å². The SMILES string of the molecule is CC(C)(C)c1ccc(CCCCNC(=O)C2CCN(S(C)(=O)=O)CC2)cc1. The van der Waals surface area contributed by atoms with Gasteiger partial charge >= 0.3 is 0 Å². The lowest BCUT2D eigenvalue weighted by atomic mass is 9.86. The highest BCUT2D eigenvalue weighted by Gasteiger charge is 2.28. The van der Waals surface area contributed by atoms with Crippen LogP contribution in [0.4, 0.5) is 0 Å². The van der Waals surface area contributed by atoms with E-state index in [1.54, 1.807) is 0 Å². The van der Waals surface area contributed by atoms with Gasteiger partial charge in [0.2, 0.25) is 15.9 Å². The number of sulfonamides is 1. The molecule has 0 aromatic heterocycles. The zero-order valence-corrected chi connectivity index (χ0v) is 17.9. The monoisotopic (exact) mass is 394 g/mol. The third-order valence-electron chi connectivity index (χ3n) is 5.31. The van der Waals surface area contributed by atoms with Crippen LogP contribution < -0.4 is 5.32 Å². The second kappa shape index (κ2) is 9.20. The zero-order chi connectivity index (χ0) is 20.1. The van der Waals surface area contributed by atoms with Crippen LogP contribution in [0, 0.1) is 5.92 Å². The molecule has 1 aliphatic rings. The van der Waals surface area contributed by atoms with E-state index in [1.165, 1.54) is 21.7 Å². The van der Waals surface area contributed by atoms with Crippen LogP contribution in [0.5, 0.6) is 0 Å². The number of benzene rings is 1. The van der Waals surface area contributed by atoms with Crippen molar-refractivity contribution in [1.29, 1.82) is 0 Å². The van der Waals surface area contributed by atoms with Gasteiger partial charge in [-0.1, -0.05) is 45.0 Å². The van der Waals surface area contributed by atoms with Gasteiger partial charge in [-0.15, -0.1) is 0 Å². The molecule has 152 valence electrons. The molecular weight excluding hydrogens is 360 g/mol. The average molecular weight is 395 g/mol. The van der Waals surface area contributed by atoms with Crippen LogP contribution in [-0.4, -0.2) is 44.5 Å². The zero-order valence-electron chi connectivity index (χ0n) is 17.1. The maximum atomic E-state index is 12.2. The number of carbonyl (C=O) groups is 1. The molecule has 1 heterocycles. The Hall–Kier alpha value is -1.40. The predicted octanol–water partition coefficient (Wildman–Crippen LogP) is 3.09. The van der Waals surface area contributed by atoms with E-state index >= 15 is 0 Å². The Morgan fingerprint density at radius 1 is 1.11 bits per heavy atom. The summed E-state index contributed by atoms with van der Waals surface area (Å²) in [5.74, 6) is 0.00521. The molecule has 1 aromatic rings. The largest absolute Gasteiger partial charge is 0.356 e. The Morgan fingerprint density at radius 2 is 1.70 bits per heavy atom. The smallest absolute Gasteiger partial charge is 0.223 e. The van der Waals surface area contributed by atoms with Gasteiger partial charge in [-0.25, -0.2) is 12.7 Å². The van der Waals surface area contributed by atoms with Crippen LogP contribution >= 0.6 is 0 Å². The summed E-state index contributed by atoms with van der Waals surface area (Å²) in [7, 11) is -3.14. The van der Waals surface area contributed by atoms with E-state index in [9.17, 15) is 13.2 Å². The average Bonchev–Trinajstić information content (AvgIpc) is 2.60. The highest BCUT2D eigenvalue weighted by molar-refractivity contribution is 7.88. The number of aryl methyl sites for hydroxylation is 1. The van der Waals surface area contributed by atoms with E-state index in [-0.39, 0.29) is 17.2 Å². The normalized spacial score (nSPS) is 17.0. The quantitative estimate of drug-likeness (QED) is 0.723. The Kier molecular flexibility index (Phi) is 7.46. The minimum absolute atomic E-state index is 0.0621. The maximum Gasteiger partial charge on any atom is 0.223 e. The van der Waals surface area contributed by atoms with Crippen molar-refractivity contribution in [3.8, 4) is 0 Å². The van der Waals surface area contributed by atoms with Crippen molar-refractivity contribution in [2.45, 2.75) is 58.3 Å². The highest BCUT2D eigenvalue weighted by Crippen LogP contribution is 2.22. The lowest BCUT2D eigenvalue weighted by Crippen LogP contribution is -2.42. The number of unbranched alkanes of at least 4 members (excludes halogenated alkanes) is 1. The topological polar surface area (TPSA) is 66.5 Å². The number of amides is 1. The van der Waals surface area contributed by atoms with Crippen molar-refractivity contribution in [2.75, 3.05) is 25.9 Å². The van der Waals surface area contributed by atoms with Gasteiger partial charge in [-0.3, -0.25) is 4.79 Å². The molecule has 5 nitrogen and oxygen atoms in total. The van der Waals surface area contributed by atoms with Gasteiger partial charge in [0.25, 0.3) is 0 Å². The third kappa shape index (κ3) is 6.92. The molecule has 1 aliphatic heterocycles. The predicted molar refractivity (Wildman–Crippen MR) is 110 cm³/mol. The number of hydrogen-bond donors (Lipinski definition) is 1. The lowest BCUT2D eigenvalue weighted by Gasteiger charge is -2.29. The van der Waals surface area contributed by atoms with E-state index in [4.69, 9.17) is 0 Å². The van der Waals surface area contributed by atoms with E-state index in [0.717, 1.165) is 19.3 Å². The summed E-state index contributed by atoms with van der Waals surface area (Å²) in [4.78, 5) is 12.2. The first kappa shape index (κ1) is 21.9. The van der Waals surface area contributed by atoms with Crippen molar-refractivity contribution in [1.82, 2.24) is 9.62 Å². The Balaban J connectivity index is 1.64. The molecule has 0 aliphatic carbocycles. The molecule has 0 spiro atoms. The fraction of sp³-hybridized carbons (Fsp3) is 0.667. The Labute approximate surface area is 164 Å². The molecule has 0 atom stereocenters. The summed E-state index contributed by atoms with van der Waals surface area (Å²) < 4.78 is 24.5. The molecule has 0 saturated carbocycles. The molecular formula is C21H34N2O3S. The molecule has 0 radical (unpaired) electrons. The van der Waals surface area contributed by atoms with Gasteiger partial charge in [0.05, 0.1) is 6.26 Å².